The Kier molecular flexibility index (Phi) is 5.44. The molecule has 1 N–H and O–H groups in total. The molecular formula is C14H20N4S. The van der Waals surface area contributed by atoms with E-state index in [1.807, 2.05) is 12.3 Å². The molecule has 0 aliphatic rings. The van der Waals surface area contributed by atoms with E-state index in [0.717, 1.165) is 36.9 Å². The molecule has 19 heavy (non-hydrogen) atoms. The summed E-state index contributed by atoms with van der Waals surface area (Å²) in [5.41, 5.74) is 2.37. The second-order valence-corrected chi connectivity index (χ2v) is 5.49. The summed E-state index contributed by atoms with van der Waals surface area (Å²) in [5.74, 6) is 0. The van der Waals surface area contributed by atoms with Crippen molar-refractivity contribution in [1.82, 2.24) is 20.2 Å². The Balaban J connectivity index is 1.85. The minimum atomic E-state index is 0.869. The monoisotopic (exact) mass is 276 g/mol. The molecule has 102 valence electrons. The zero-order chi connectivity index (χ0) is 13.5. The molecule has 0 aliphatic heterocycles. The van der Waals surface area contributed by atoms with Crippen molar-refractivity contribution in [2.24, 2.45) is 0 Å². The van der Waals surface area contributed by atoms with Crippen molar-refractivity contribution in [2.45, 2.75) is 26.6 Å². The van der Waals surface area contributed by atoms with Gasteiger partial charge in [-0.2, -0.15) is 0 Å². The SMILES string of the molecule is CCNCc1nc(CN(C)Cc2cccnc2)cs1. The minimum Gasteiger partial charge on any atom is -0.311 e. The highest BCUT2D eigenvalue weighted by Crippen LogP contribution is 2.12. The Labute approximate surface area is 118 Å². The molecule has 0 saturated heterocycles. The molecule has 0 saturated carbocycles. The normalized spacial score (nSPS) is 11.1. The van der Waals surface area contributed by atoms with Crippen molar-refractivity contribution < 1.29 is 0 Å². The van der Waals surface area contributed by atoms with Crippen LogP contribution in [0.25, 0.3) is 0 Å². The van der Waals surface area contributed by atoms with Crippen LogP contribution in [0, 0.1) is 0 Å². The number of hydrogen-bond acceptors (Lipinski definition) is 5. The topological polar surface area (TPSA) is 41.1 Å². The third-order valence-corrected chi connectivity index (χ3v) is 3.63. The predicted octanol–water partition coefficient (Wildman–Crippen LogP) is 2.28. The fourth-order valence-electron chi connectivity index (χ4n) is 1.87. The number of rotatable bonds is 7. The van der Waals surface area contributed by atoms with Gasteiger partial charge < -0.3 is 5.32 Å². The molecule has 0 amide bonds. The largest absolute Gasteiger partial charge is 0.311 e. The Morgan fingerprint density at radius 1 is 1.37 bits per heavy atom. The Morgan fingerprint density at radius 2 is 2.26 bits per heavy atom. The number of thiazole rings is 1. The quantitative estimate of drug-likeness (QED) is 0.842. The lowest BCUT2D eigenvalue weighted by Gasteiger charge is -2.14. The highest BCUT2D eigenvalue weighted by molar-refractivity contribution is 7.09. The molecule has 2 aromatic rings. The second-order valence-electron chi connectivity index (χ2n) is 4.55. The molecule has 0 atom stereocenters. The summed E-state index contributed by atoms with van der Waals surface area (Å²) in [5, 5.41) is 6.60. The molecule has 0 aliphatic carbocycles. The van der Waals surface area contributed by atoms with Crippen LogP contribution < -0.4 is 5.32 Å². The van der Waals surface area contributed by atoms with Gasteiger partial charge in [-0.15, -0.1) is 11.3 Å². The molecule has 4 nitrogen and oxygen atoms in total. The van der Waals surface area contributed by atoms with Gasteiger partial charge in [0.1, 0.15) is 5.01 Å². The van der Waals surface area contributed by atoms with Gasteiger partial charge in [-0.1, -0.05) is 13.0 Å². The van der Waals surface area contributed by atoms with Crippen molar-refractivity contribution in [3.63, 3.8) is 0 Å². The number of aromatic nitrogens is 2. The van der Waals surface area contributed by atoms with Gasteiger partial charge in [-0.05, 0) is 25.2 Å². The second kappa shape index (κ2) is 7.33. The van der Waals surface area contributed by atoms with Crippen LogP contribution in [-0.2, 0) is 19.6 Å². The van der Waals surface area contributed by atoms with Gasteiger partial charge in [-0.3, -0.25) is 9.88 Å². The predicted molar refractivity (Wildman–Crippen MR) is 78.9 cm³/mol. The van der Waals surface area contributed by atoms with E-state index in [2.05, 4.69) is 45.6 Å². The summed E-state index contributed by atoms with van der Waals surface area (Å²) in [6, 6.07) is 4.07. The number of nitrogens with zero attached hydrogens (tertiary/aromatic N) is 3. The van der Waals surface area contributed by atoms with Crippen LogP contribution >= 0.6 is 11.3 Å². The van der Waals surface area contributed by atoms with Gasteiger partial charge >= 0.3 is 0 Å². The van der Waals surface area contributed by atoms with Gasteiger partial charge in [0.05, 0.1) is 5.69 Å². The maximum absolute atomic E-state index is 4.63. The average molecular weight is 276 g/mol. The zero-order valence-electron chi connectivity index (χ0n) is 11.5. The van der Waals surface area contributed by atoms with Crippen LogP contribution in [0.5, 0.6) is 0 Å². The van der Waals surface area contributed by atoms with E-state index in [1.54, 1.807) is 17.5 Å². The Morgan fingerprint density at radius 3 is 3.00 bits per heavy atom. The van der Waals surface area contributed by atoms with E-state index in [9.17, 15) is 0 Å². The molecule has 5 heteroatoms. The molecule has 0 radical (unpaired) electrons. The first kappa shape index (κ1) is 14.1. The van der Waals surface area contributed by atoms with Crippen molar-refractivity contribution in [3.8, 4) is 0 Å². The highest BCUT2D eigenvalue weighted by atomic mass is 32.1. The van der Waals surface area contributed by atoms with Gasteiger partial charge in [0.15, 0.2) is 0 Å². The smallest absolute Gasteiger partial charge is 0.107 e. The molecule has 2 aromatic heterocycles. The molecule has 2 heterocycles. The standard InChI is InChI=1S/C14H20N4S/c1-3-15-8-14-17-13(11-19-14)10-18(2)9-12-5-4-6-16-7-12/h4-7,11,15H,3,8-10H2,1-2H3. The molecule has 0 bridgehead atoms. The molecule has 0 aromatic carbocycles. The van der Waals surface area contributed by atoms with Crippen LogP contribution in [0.4, 0.5) is 0 Å². The zero-order valence-corrected chi connectivity index (χ0v) is 12.3. The van der Waals surface area contributed by atoms with Crippen LogP contribution in [0.1, 0.15) is 23.2 Å². The first-order valence-corrected chi connectivity index (χ1v) is 7.37. The lowest BCUT2D eigenvalue weighted by molar-refractivity contribution is 0.315. The maximum atomic E-state index is 4.63. The van der Waals surface area contributed by atoms with E-state index in [0.29, 0.717) is 0 Å². The van der Waals surface area contributed by atoms with Crippen molar-refractivity contribution in [1.29, 1.82) is 0 Å². The summed E-state index contributed by atoms with van der Waals surface area (Å²) in [7, 11) is 2.11. The molecule has 0 fully saturated rings. The van der Waals surface area contributed by atoms with Gasteiger partial charge in [0, 0.05) is 37.4 Å². The molecular weight excluding hydrogens is 256 g/mol. The summed E-state index contributed by atoms with van der Waals surface area (Å²) >= 11 is 1.73. The summed E-state index contributed by atoms with van der Waals surface area (Å²) in [6.45, 7) is 5.73. The van der Waals surface area contributed by atoms with Crippen molar-refractivity contribution in [2.75, 3.05) is 13.6 Å². The van der Waals surface area contributed by atoms with E-state index in [1.165, 1.54) is 5.56 Å². The third kappa shape index (κ3) is 4.70. The number of nitrogens with one attached hydrogen (secondary N) is 1. The van der Waals surface area contributed by atoms with Crippen molar-refractivity contribution in [3.05, 3.63) is 46.2 Å². The third-order valence-electron chi connectivity index (χ3n) is 2.73. The Hall–Kier alpha value is -1.30. The lowest BCUT2D eigenvalue weighted by atomic mass is 10.2. The summed E-state index contributed by atoms with van der Waals surface area (Å²) in [6.07, 6.45) is 3.71. The number of hydrogen-bond donors (Lipinski definition) is 1. The van der Waals surface area contributed by atoms with Crippen LogP contribution in [-0.4, -0.2) is 28.5 Å². The van der Waals surface area contributed by atoms with Crippen LogP contribution in [0.2, 0.25) is 0 Å². The first-order chi connectivity index (χ1) is 9.28. The minimum absolute atomic E-state index is 0.869. The van der Waals surface area contributed by atoms with Gasteiger partial charge in [0.25, 0.3) is 0 Å². The molecule has 0 unspecified atom stereocenters. The van der Waals surface area contributed by atoms with Gasteiger partial charge in [0.2, 0.25) is 0 Å². The van der Waals surface area contributed by atoms with Crippen LogP contribution in [0.3, 0.4) is 0 Å². The highest BCUT2D eigenvalue weighted by Gasteiger charge is 2.06. The fourth-order valence-corrected chi connectivity index (χ4v) is 2.63. The first-order valence-electron chi connectivity index (χ1n) is 6.49. The van der Waals surface area contributed by atoms with Crippen LogP contribution in [0.15, 0.2) is 29.9 Å². The summed E-state index contributed by atoms with van der Waals surface area (Å²) in [4.78, 5) is 11.0. The van der Waals surface area contributed by atoms with Gasteiger partial charge in [-0.25, -0.2) is 4.98 Å². The summed E-state index contributed by atoms with van der Waals surface area (Å²) < 4.78 is 0. The molecule has 0 spiro atoms. The molecule has 2 rings (SSSR count). The van der Waals surface area contributed by atoms with E-state index < -0.39 is 0 Å². The van der Waals surface area contributed by atoms with E-state index in [4.69, 9.17) is 0 Å². The maximum Gasteiger partial charge on any atom is 0.107 e. The average Bonchev–Trinajstić information content (AvgIpc) is 2.85. The van der Waals surface area contributed by atoms with E-state index in [-0.39, 0.29) is 0 Å². The Bertz CT molecular complexity index is 483. The number of pyridine rings is 1. The van der Waals surface area contributed by atoms with E-state index >= 15 is 0 Å². The van der Waals surface area contributed by atoms with Crippen molar-refractivity contribution >= 4 is 11.3 Å². The lowest BCUT2D eigenvalue weighted by Crippen LogP contribution is -2.17. The fraction of sp³-hybridized carbons (Fsp3) is 0.429.